The van der Waals surface area contributed by atoms with Crippen molar-refractivity contribution in [2.45, 2.75) is 32.7 Å². The highest BCUT2D eigenvalue weighted by molar-refractivity contribution is 5.92. The van der Waals surface area contributed by atoms with Gasteiger partial charge in [0.05, 0.1) is 18.5 Å². The Morgan fingerprint density at radius 1 is 1.12 bits per heavy atom. The smallest absolute Gasteiger partial charge is 0.329 e. The van der Waals surface area contributed by atoms with Crippen molar-refractivity contribution in [3.63, 3.8) is 0 Å². The molecule has 1 saturated heterocycles. The van der Waals surface area contributed by atoms with Gasteiger partial charge in [0.15, 0.2) is 6.04 Å². The summed E-state index contributed by atoms with van der Waals surface area (Å²) in [6, 6.07) is 9.66. The Balaban J connectivity index is 1.66. The van der Waals surface area contributed by atoms with Crippen LogP contribution in [0, 0.1) is 11.7 Å². The number of amides is 1. The molecule has 0 saturated carbocycles. The molecule has 0 aliphatic carbocycles. The van der Waals surface area contributed by atoms with Gasteiger partial charge in [-0.1, -0.05) is 19.9 Å². The number of pyridine rings is 1. The van der Waals surface area contributed by atoms with Gasteiger partial charge in [-0.2, -0.15) is 0 Å². The van der Waals surface area contributed by atoms with Crippen LogP contribution in [0.5, 0.6) is 0 Å². The zero-order chi connectivity index (χ0) is 23.1. The van der Waals surface area contributed by atoms with Gasteiger partial charge < -0.3 is 15.0 Å². The average Bonchev–Trinajstić information content (AvgIpc) is 2.81. The zero-order valence-electron chi connectivity index (χ0n) is 18.9. The van der Waals surface area contributed by atoms with Gasteiger partial charge in [-0.3, -0.25) is 14.7 Å². The van der Waals surface area contributed by atoms with Crippen LogP contribution in [0.1, 0.15) is 38.4 Å². The van der Waals surface area contributed by atoms with E-state index in [0.29, 0.717) is 43.2 Å². The van der Waals surface area contributed by atoms with Crippen LogP contribution in [0.15, 0.2) is 42.6 Å². The summed E-state index contributed by atoms with van der Waals surface area (Å²) >= 11 is 0. The first kappa shape index (κ1) is 23.7. The minimum atomic E-state index is -0.587. The molecule has 1 fully saturated rings. The van der Waals surface area contributed by atoms with Gasteiger partial charge in [0.1, 0.15) is 5.82 Å². The number of nitrogens with one attached hydrogen (secondary N) is 1. The number of esters is 1. The molecule has 1 unspecified atom stereocenters. The third kappa shape index (κ3) is 5.43. The second kappa shape index (κ2) is 11.0. The van der Waals surface area contributed by atoms with Crippen molar-refractivity contribution in [1.29, 1.82) is 0 Å². The molecular formula is C24H31FN4O3. The summed E-state index contributed by atoms with van der Waals surface area (Å²) in [4.78, 5) is 33.0. The number of anilines is 2. The van der Waals surface area contributed by atoms with E-state index < -0.39 is 6.04 Å². The Labute approximate surface area is 188 Å². The lowest BCUT2D eigenvalue weighted by molar-refractivity contribution is -0.147. The second-order valence-electron chi connectivity index (χ2n) is 7.87. The fraction of sp³-hybridized carbons (Fsp3) is 0.458. The summed E-state index contributed by atoms with van der Waals surface area (Å²) < 4.78 is 19.9. The predicted octanol–water partition coefficient (Wildman–Crippen LogP) is 3.63. The molecule has 2 heterocycles. The molecular weight excluding hydrogens is 411 g/mol. The Morgan fingerprint density at radius 3 is 2.41 bits per heavy atom. The molecule has 1 aromatic heterocycles. The summed E-state index contributed by atoms with van der Waals surface area (Å²) in [5.74, 6) is -0.900. The third-order valence-corrected chi connectivity index (χ3v) is 5.98. The molecule has 3 rings (SSSR count). The van der Waals surface area contributed by atoms with Crippen LogP contribution in [0.2, 0.25) is 0 Å². The third-order valence-electron chi connectivity index (χ3n) is 5.98. The van der Waals surface area contributed by atoms with Gasteiger partial charge in [0, 0.05) is 44.0 Å². The number of rotatable bonds is 8. The number of ether oxygens (including phenoxy) is 1. The SMILES string of the molecule is CCC(CC)C(=O)Nc1ccc(N2CCN(C(C(=O)OC)c3ccccn3)CC2)c(F)c1. The highest BCUT2D eigenvalue weighted by Gasteiger charge is 2.32. The fourth-order valence-electron chi connectivity index (χ4n) is 4.07. The molecule has 1 aliphatic heterocycles. The summed E-state index contributed by atoms with van der Waals surface area (Å²) in [6.07, 6.45) is 3.15. The maximum atomic E-state index is 14.9. The molecule has 0 bridgehead atoms. The fourth-order valence-corrected chi connectivity index (χ4v) is 4.07. The Bertz CT molecular complexity index is 913. The maximum absolute atomic E-state index is 14.9. The second-order valence-corrected chi connectivity index (χ2v) is 7.87. The van der Waals surface area contributed by atoms with Crippen LogP contribution in [0.4, 0.5) is 15.8 Å². The molecule has 1 aliphatic rings. The number of piperazine rings is 1. The van der Waals surface area contributed by atoms with Crippen molar-refractivity contribution < 1.29 is 18.7 Å². The number of methoxy groups -OCH3 is 1. The summed E-state index contributed by atoms with van der Waals surface area (Å²) in [6.45, 7) is 6.16. The van der Waals surface area contributed by atoms with E-state index in [9.17, 15) is 14.0 Å². The van der Waals surface area contributed by atoms with E-state index in [-0.39, 0.29) is 23.6 Å². The molecule has 172 valence electrons. The molecule has 0 radical (unpaired) electrons. The molecule has 1 amide bonds. The standard InChI is InChI=1S/C24H31FN4O3/c1-4-17(5-2)23(30)27-18-9-10-21(19(25)16-18)28-12-14-29(15-13-28)22(24(31)32-3)20-8-6-7-11-26-20/h6-11,16-17,22H,4-5,12-15H2,1-3H3,(H,27,30). The molecule has 0 spiro atoms. The van der Waals surface area contributed by atoms with E-state index in [1.165, 1.54) is 13.2 Å². The van der Waals surface area contributed by atoms with Gasteiger partial charge >= 0.3 is 5.97 Å². The number of carbonyl (C=O) groups excluding carboxylic acids is 2. The highest BCUT2D eigenvalue weighted by Crippen LogP contribution is 2.27. The monoisotopic (exact) mass is 442 g/mol. The van der Waals surface area contributed by atoms with Gasteiger partial charge in [0.25, 0.3) is 0 Å². The van der Waals surface area contributed by atoms with Crippen LogP contribution >= 0.6 is 0 Å². The van der Waals surface area contributed by atoms with E-state index in [1.807, 2.05) is 35.8 Å². The van der Waals surface area contributed by atoms with Crippen LogP contribution in [0.25, 0.3) is 0 Å². The lowest BCUT2D eigenvalue weighted by Gasteiger charge is -2.39. The molecule has 1 atom stereocenters. The molecule has 2 aromatic rings. The number of nitrogens with zero attached hydrogens (tertiary/aromatic N) is 3. The minimum absolute atomic E-state index is 0.0762. The van der Waals surface area contributed by atoms with Crippen LogP contribution in [0.3, 0.4) is 0 Å². The number of benzene rings is 1. The topological polar surface area (TPSA) is 74.8 Å². The largest absolute Gasteiger partial charge is 0.468 e. The van der Waals surface area contributed by atoms with E-state index in [0.717, 1.165) is 12.8 Å². The van der Waals surface area contributed by atoms with Crippen LogP contribution < -0.4 is 10.2 Å². The molecule has 1 aromatic carbocycles. The van der Waals surface area contributed by atoms with E-state index in [4.69, 9.17) is 4.74 Å². The van der Waals surface area contributed by atoms with Gasteiger partial charge in [-0.25, -0.2) is 9.18 Å². The summed E-state index contributed by atoms with van der Waals surface area (Å²) in [5, 5.41) is 2.81. The molecule has 7 nitrogen and oxygen atoms in total. The van der Waals surface area contributed by atoms with Crippen molar-refractivity contribution in [3.05, 3.63) is 54.1 Å². The minimum Gasteiger partial charge on any atom is -0.468 e. The first-order valence-corrected chi connectivity index (χ1v) is 11.1. The van der Waals surface area contributed by atoms with Crippen molar-refractivity contribution in [2.75, 3.05) is 43.5 Å². The Kier molecular flexibility index (Phi) is 8.16. The van der Waals surface area contributed by atoms with Crippen molar-refractivity contribution in [3.8, 4) is 0 Å². The Morgan fingerprint density at radius 2 is 1.84 bits per heavy atom. The first-order chi connectivity index (χ1) is 15.5. The number of aromatic nitrogens is 1. The van der Waals surface area contributed by atoms with Gasteiger partial charge in [0.2, 0.25) is 5.91 Å². The quantitative estimate of drug-likeness (QED) is 0.630. The Hall–Kier alpha value is -3.00. The number of hydrogen-bond donors (Lipinski definition) is 1. The van der Waals surface area contributed by atoms with Gasteiger partial charge in [-0.15, -0.1) is 0 Å². The summed E-state index contributed by atoms with van der Waals surface area (Å²) in [5.41, 5.74) is 1.58. The lowest BCUT2D eigenvalue weighted by atomic mass is 10.0. The lowest BCUT2D eigenvalue weighted by Crippen LogP contribution is -2.49. The van der Waals surface area contributed by atoms with Crippen LogP contribution in [-0.2, 0) is 14.3 Å². The molecule has 1 N–H and O–H groups in total. The normalized spacial score (nSPS) is 15.5. The van der Waals surface area contributed by atoms with Gasteiger partial charge in [-0.05, 0) is 43.2 Å². The number of hydrogen-bond acceptors (Lipinski definition) is 6. The summed E-state index contributed by atoms with van der Waals surface area (Å²) in [7, 11) is 1.37. The van der Waals surface area contributed by atoms with E-state index in [2.05, 4.69) is 10.3 Å². The van der Waals surface area contributed by atoms with Crippen molar-refractivity contribution >= 4 is 23.3 Å². The van der Waals surface area contributed by atoms with Crippen molar-refractivity contribution in [1.82, 2.24) is 9.88 Å². The van der Waals surface area contributed by atoms with Crippen molar-refractivity contribution in [2.24, 2.45) is 5.92 Å². The zero-order valence-corrected chi connectivity index (χ0v) is 18.9. The molecule has 32 heavy (non-hydrogen) atoms. The predicted molar refractivity (Wildman–Crippen MR) is 122 cm³/mol. The molecule has 8 heteroatoms. The maximum Gasteiger partial charge on any atom is 0.329 e. The van der Waals surface area contributed by atoms with E-state index >= 15 is 0 Å². The first-order valence-electron chi connectivity index (χ1n) is 11.1. The average molecular weight is 443 g/mol. The van der Waals surface area contributed by atoms with Crippen LogP contribution in [-0.4, -0.2) is 55.0 Å². The van der Waals surface area contributed by atoms with E-state index in [1.54, 1.807) is 24.4 Å². The highest BCUT2D eigenvalue weighted by atomic mass is 19.1. The number of carbonyl (C=O) groups is 2. The number of halogens is 1.